The summed E-state index contributed by atoms with van der Waals surface area (Å²) in [7, 11) is 0. The quantitative estimate of drug-likeness (QED) is 0.274. The molecule has 2 aromatic heterocycles. The Kier molecular flexibility index (Phi) is 12.8. The molecule has 0 saturated carbocycles. The standard InChI is InChI=1S/C7H7N3S.C5H4OS.C2H5N3/c1-6(9-10-8)4-7-2-3-11-5-7;6-3-5-1-2-7-4-5;1-2-4-5-3/h2-5H,1H3;1-4H;2H2,1H3/b6-4-;;. The van der Waals surface area contributed by atoms with E-state index in [1.807, 2.05) is 33.7 Å². The Morgan fingerprint density at radius 3 is 2.09 bits per heavy atom. The van der Waals surface area contributed by atoms with Crippen LogP contribution in [0.4, 0.5) is 0 Å². The van der Waals surface area contributed by atoms with E-state index >= 15 is 0 Å². The van der Waals surface area contributed by atoms with E-state index in [2.05, 4.69) is 20.1 Å². The summed E-state index contributed by atoms with van der Waals surface area (Å²) in [5.41, 5.74) is 18.1. The van der Waals surface area contributed by atoms with Crippen LogP contribution in [0, 0.1) is 0 Å². The van der Waals surface area contributed by atoms with Gasteiger partial charge in [-0.15, -0.1) is 0 Å². The van der Waals surface area contributed by atoms with Gasteiger partial charge in [0.15, 0.2) is 6.29 Å². The summed E-state index contributed by atoms with van der Waals surface area (Å²) >= 11 is 3.15. The van der Waals surface area contributed by atoms with Crippen molar-refractivity contribution in [2.24, 2.45) is 10.2 Å². The summed E-state index contributed by atoms with van der Waals surface area (Å²) in [6.45, 7) is 4.12. The molecule has 0 aliphatic heterocycles. The van der Waals surface area contributed by atoms with Crippen molar-refractivity contribution in [3.63, 3.8) is 0 Å². The molecule has 2 rings (SSSR count). The summed E-state index contributed by atoms with van der Waals surface area (Å²) in [6, 6.07) is 3.76. The van der Waals surface area contributed by atoms with Crippen molar-refractivity contribution in [3.05, 3.63) is 71.4 Å². The maximum Gasteiger partial charge on any atom is 0.150 e. The molecule has 0 radical (unpaired) electrons. The van der Waals surface area contributed by atoms with E-state index in [0.29, 0.717) is 12.2 Å². The van der Waals surface area contributed by atoms with Crippen molar-refractivity contribution in [1.82, 2.24) is 0 Å². The number of carbonyl (C=O) groups excluding carboxylic acids is 1. The van der Waals surface area contributed by atoms with Gasteiger partial charge >= 0.3 is 0 Å². The molecule has 0 amide bonds. The monoisotopic (exact) mass is 348 g/mol. The molecule has 2 heterocycles. The lowest BCUT2D eigenvalue weighted by atomic mass is 10.3. The van der Waals surface area contributed by atoms with Crippen molar-refractivity contribution in [2.75, 3.05) is 6.54 Å². The number of nitrogens with zero attached hydrogens (tertiary/aromatic N) is 6. The number of thiophene rings is 2. The Hall–Kier alpha value is -2.57. The minimum absolute atomic E-state index is 0.552. The van der Waals surface area contributed by atoms with E-state index in [0.717, 1.165) is 17.4 Å². The van der Waals surface area contributed by atoms with Gasteiger partial charge in [-0.1, -0.05) is 17.2 Å². The summed E-state index contributed by atoms with van der Waals surface area (Å²) in [5.74, 6) is 0. The molecule has 0 aliphatic rings. The van der Waals surface area contributed by atoms with Gasteiger partial charge in [-0.25, -0.2) is 0 Å². The molecule has 7 nitrogen and oxygen atoms in total. The van der Waals surface area contributed by atoms with Crippen molar-refractivity contribution in [3.8, 4) is 0 Å². The highest BCUT2D eigenvalue weighted by molar-refractivity contribution is 7.08. The van der Waals surface area contributed by atoms with Gasteiger partial charge in [0, 0.05) is 33.0 Å². The lowest BCUT2D eigenvalue weighted by Crippen LogP contribution is -1.65. The van der Waals surface area contributed by atoms with Crippen LogP contribution in [0.15, 0.2) is 49.6 Å². The van der Waals surface area contributed by atoms with Gasteiger partial charge < -0.3 is 0 Å². The van der Waals surface area contributed by atoms with Gasteiger partial charge in [-0.05, 0) is 57.9 Å². The summed E-state index contributed by atoms with van der Waals surface area (Å²) in [6.07, 6.45) is 2.69. The fourth-order valence-electron chi connectivity index (χ4n) is 1.10. The molecular formula is C14H16N6OS2. The predicted octanol–water partition coefficient (Wildman–Crippen LogP) is 6.30. The maximum atomic E-state index is 9.87. The lowest BCUT2D eigenvalue weighted by molar-refractivity contribution is 0.112. The Morgan fingerprint density at radius 2 is 1.78 bits per heavy atom. The number of rotatable bonds is 4. The normalized spacial score (nSPS) is 9.04. The first-order chi connectivity index (χ1) is 11.2. The zero-order valence-electron chi connectivity index (χ0n) is 12.7. The topological polar surface area (TPSA) is 115 Å². The second kappa shape index (κ2) is 14.4. The first kappa shape index (κ1) is 20.4. The molecule has 0 spiro atoms. The van der Waals surface area contributed by atoms with Crippen LogP contribution >= 0.6 is 22.7 Å². The first-order valence-electron chi connectivity index (χ1n) is 6.41. The maximum absolute atomic E-state index is 9.87. The van der Waals surface area contributed by atoms with Gasteiger partial charge in [0.25, 0.3) is 0 Å². The van der Waals surface area contributed by atoms with E-state index in [-0.39, 0.29) is 0 Å². The third-order valence-corrected chi connectivity index (χ3v) is 3.41. The molecule has 0 N–H and O–H groups in total. The van der Waals surface area contributed by atoms with E-state index < -0.39 is 0 Å². The van der Waals surface area contributed by atoms with E-state index in [1.165, 1.54) is 11.3 Å². The molecule has 0 aromatic carbocycles. The predicted molar refractivity (Wildman–Crippen MR) is 96.5 cm³/mol. The summed E-state index contributed by atoms with van der Waals surface area (Å²) in [5, 5.41) is 14.3. The Bertz CT molecular complexity index is 666. The number of azide groups is 2. The number of allylic oxidation sites excluding steroid dienone is 1. The van der Waals surface area contributed by atoms with Gasteiger partial charge in [0.05, 0.1) is 0 Å². The van der Waals surface area contributed by atoms with Crippen LogP contribution in [0.5, 0.6) is 0 Å². The molecule has 0 fully saturated rings. The number of hydrogen-bond donors (Lipinski definition) is 0. The fraction of sp³-hybridized carbons (Fsp3) is 0.214. The molecule has 120 valence electrons. The molecule has 0 saturated heterocycles. The van der Waals surface area contributed by atoms with Crippen molar-refractivity contribution in [1.29, 1.82) is 0 Å². The molecule has 0 aliphatic carbocycles. The molecular weight excluding hydrogens is 332 g/mol. The summed E-state index contributed by atoms with van der Waals surface area (Å²) in [4.78, 5) is 15.0. The highest BCUT2D eigenvalue weighted by atomic mass is 32.1. The van der Waals surface area contributed by atoms with Crippen LogP contribution in [0.2, 0.25) is 0 Å². The van der Waals surface area contributed by atoms with Gasteiger partial charge in [-0.2, -0.15) is 22.7 Å². The van der Waals surface area contributed by atoms with Crippen LogP contribution < -0.4 is 0 Å². The second-order valence-electron chi connectivity index (χ2n) is 3.75. The van der Waals surface area contributed by atoms with Crippen molar-refractivity contribution in [2.45, 2.75) is 13.8 Å². The Morgan fingerprint density at radius 1 is 1.17 bits per heavy atom. The van der Waals surface area contributed by atoms with Gasteiger partial charge in [0.2, 0.25) is 0 Å². The number of hydrogen-bond acceptors (Lipinski definition) is 5. The zero-order chi connectivity index (χ0) is 17.3. The molecule has 0 unspecified atom stereocenters. The van der Waals surface area contributed by atoms with E-state index in [1.54, 1.807) is 31.3 Å². The SMILES string of the molecule is C/C(=C/c1ccsc1)N=[N+]=[N-].CCN=[N+]=[N-].O=Cc1ccsc1. The minimum Gasteiger partial charge on any atom is -0.298 e. The van der Waals surface area contributed by atoms with Crippen molar-refractivity contribution >= 4 is 35.0 Å². The lowest BCUT2D eigenvalue weighted by Gasteiger charge is -1.85. The average molecular weight is 348 g/mol. The van der Waals surface area contributed by atoms with Gasteiger partial charge in [0.1, 0.15) is 0 Å². The highest BCUT2D eigenvalue weighted by Gasteiger charge is 1.87. The molecule has 2 aromatic rings. The van der Waals surface area contributed by atoms with Crippen LogP contribution in [0.25, 0.3) is 27.0 Å². The second-order valence-corrected chi connectivity index (χ2v) is 5.31. The molecule has 0 atom stereocenters. The van der Waals surface area contributed by atoms with Gasteiger partial charge in [-0.3, -0.25) is 4.79 Å². The van der Waals surface area contributed by atoms with Crippen LogP contribution in [0.3, 0.4) is 0 Å². The highest BCUT2D eigenvalue weighted by Crippen LogP contribution is 2.11. The van der Waals surface area contributed by atoms with E-state index in [4.69, 9.17) is 11.1 Å². The molecule has 9 heteroatoms. The van der Waals surface area contributed by atoms with Crippen LogP contribution in [-0.2, 0) is 0 Å². The molecule has 0 bridgehead atoms. The zero-order valence-corrected chi connectivity index (χ0v) is 14.4. The smallest absolute Gasteiger partial charge is 0.150 e. The minimum atomic E-state index is 0.552. The fourth-order valence-corrected chi connectivity index (χ4v) is 2.33. The Labute approximate surface area is 142 Å². The third-order valence-electron chi connectivity index (χ3n) is 2.01. The van der Waals surface area contributed by atoms with E-state index in [9.17, 15) is 4.79 Å². The molecule has 23 heavy (non-hydrogen) atoms. The van der Waals surface area contributed by atoms with Crippen molar-refractivity contribution < 1.29 is 4.79 Å². The summed E-state index contributed by atoms with van der Waals surface area (Å²) < 4.78 is 0. The third kappa shape index (κ3) is 11.7. The largest absolute Gasteiger partial charge is 0.298 e. The first-order valence-corrected chi connectivity index (χ1v) is 8.30. The Balaban J connectivity index is 0.000000347. The number of aldehydes is 1. The number of carbonyl (C=O) groups is 1. The van der Waals surface area contributed by atoms with Crippen LogP contribution in [0.1, 0.15) is 29.8 Å². The van der Waals surface area contributed by atoms with Crippen LogP contribution in [-0.4, -0.2) is 12.8 Å². The average Bonchev–Trinajstić information content (AvgIpc) is 3.22.